The molecule has 3 aliphatic rings. The summed E-state index contributed by atoms with van der Waals surface area (Å²) < 4.78 is 2.46. The molecule has 0 aromatic rings. The van der Waals surface area contributed by atoms with Crippen molar-refractivity contribution >= 4 is 6.21 Å². The summed E-state index contributed by atoms with van der Waals surface area (Å²) in [5.74, 6) is 1.06. The molecule has 0 spiro atoms. The van der Waals surface area contributed by atoms with Gasteiger partial charge in [0.05, 0.1) is 0 Å². The highest BCUT2D eigenvalue weighted by Gasteiger charge is 2.25. The second kappa shape index (κ2) is 1.57. The second-order valence-electron chi connectivity index (χ2n) is 2.90. The molecule has 3 rings (SSSR count). The lowest BCUT2D eigenvalue weighted by atomic mass is 9.91. The van der Waals surface area contributed by atoms with E-state index in [1.54, 1.807) is 0 Å². The van der Waals surface area contributed by atoms with Crippen molar-refractivity contribution in [2.24, 2.45) is 5.92 Å². The van der Waals surface area contributed by atoms with Crippen LogP contribution in [-0.4, -0.2) is 23.9 Å². The normalized spacial score (nSPS) is 28.2. The molecule has 44 valence electrons. The highest BCUT2D eigenvalue weighted by Crippen LogP contribution is 2.20. The fraction of sp³-hybridized carbons (Fsp3) is 0.857. The Morgan fingerprint density at radius 1 is 1.25 bits per heavy atom. The monoisotopic (exact) mass is 110 g/mol. The SMILES string of the molecule is C1=[N+]2CCC(C1)CC2. The molecule has 0 N–H and O–H groups in total. The van der Waals surface area contributed by atoms with E-state index in [0.717, 1.165) is 5.92 Å². The van der Waals surface area contributed by atoms with E-state index < -0.39 is 0 Å². The van der Waals surface area contributed by atoms with Crippen molar-refractivity contribution in [2.75, 3.05) is 13.1 Å². The Morgan fingerprint density at radius 3 is 2.12 bits per heavy atom. The van der Waals surface area contributed by atoms with Crippen LogP contribution in [0.3, 0.4) is 0 Å². The van der Waals surface area contributed by atoms with Crippen LogP contribution in [0, 0.1) is 5.92 Å². The number of hydrogen-bond acceptors (Lipinski definition) is 0. The lowest BCUT2D eigenvalue weighted by Crippen LogP contribution is -2.32. The molecular formula is C7H12N+. The number of rotatable bonds is 0. The number of piperidine rings is 1. The molecule has 0 amide bonds. The summed E-state index contributed by atoms with van der Waals surface area (Å²) in [6, 6.07) is 0. The molecule has 1 saturated heterocycles. The molecular weight excluding hydrogens is 98.1 g/mol. The van der Waals surface area contributed by atoms with Gasteiger partial charge in [0.2, 0.25) is 0 Å². The van der Waals surface area contributed by atoms with Gasteiger partial charge in [-0.3, -0.25) is 0 Å². The first kappa shape index (κ1) is 4.54. The molecule has 1 fully saturated rings. The molecule has 0 saturated carbocycles. The summed E-state index contributed by atoms with van der Waals surface area (Å²) in [6.45, 7) is 2.68. The Labute approximate surface area is 50.0 Å². The van der Waals surface area contributed by atoms with Gasteiger partial charge in [-0.05, 0) is 5.92 Å². The van der Waals surface area contributed by atoms with E-state index in [1.165, 1.54) is 32.4 Å². The molecule has 0 aliphatic carbocycles. The molecule has 0 atom stereocenters. The number of fused-ring (bicyclic) bond motifs is 3. The van der Waals surface area contributed by atoms with Crippen LogP contribution < -0.4 is 0 Å². The second-order valence-corrected chi connectivity index (χ2v) is 2.90. The molecule has 1 nitrogen and oxygen atoms in total. The topological polar surface area (TPSA) is 3.01 Å². The molecule has 2 bridgehead atoms. The van der Waals surface area contributed by atoms with Crippen LogP contribution in [0.2, 0.25) is 0 Å². The standard InChI is InChI=1S/C7H12N/c1-4-8-5-2-7(1)3-6-8/h4,7H,1-3,5-6H2/q+1. The summed E-state index contributed by atoms with van der Waals surface area (Å²) in [7, 11) is 0. The Kier molecular flexibility index (Phi) is 0.893. The maximum Gasteiger partial charge on any atom is 0.142 e. The van der Waals surface area contributed by atoms with Gasteiger partial charge in [0, 0.05) is 19.3 Å². The first-order chi connectivity index (χ1) is 3.95. The molecule has 0 unspecified atom stereocenters. The van der Waals surface area contributed by atoms with E-state index in [1.807, 2.05) is 0 Å². The van der Waals surface area contributed by atoms with E-state index >= 15 is 0 Å². The molecule has 0 aromatic heterocycles. The highest BCUT2D eigenvalue weighted by atomic mass is 15.0. The molecule has 1 heteroatoms. The molecule has 8 heavy (non-hydrogen) atoms. The van der Waals surface area contributed by atoms with Crippen molar-refractivity contribution in [1.29, 1.82) is 0 Å². The maximum absolute atomic E-state index is 2.46. The zero-order valence-corrected chi connectivity index (χ0v) is 5.14. The van der Waals surface area contributed by atoms with E-state index in [9.17, 15) is 0 Å². The lowest BCUT2D eigenvalue weighted by Gasteiger charge is -2.23. The van der Waals surface area contributed by atoms with Crippen LogP contribution >= 0.6 is 0 Å². The molecule has 0 aromatic carbocycles. The fourth-order valence-corrected chi connectivity index (χ4v) is 1.67. The maximum atomic E-state index is 2.46. The summed E-state index contributed by atoms with van der Waals surface area (Å²) >= 11 is 0. The van der Waals surface area contributed by atoms with Gasteiger partial charge in [0.25, 0.3) is 0 Å². The Balaban J connectivity index is 2.22. The van der Waals surface area contributed by atoms with Crippen molar-refractivity contribution in [3.63, 3.8) is 0 Å². The first-order valence-corrected chi connectivity index (χ1v) is 3.52. The first-order valence-electron chi connectivity index (χ1n) is 3.52. The van der Waals surface area contributed by atoms with E-state index in [0.29, 0.717) is 0 Å². The minimum absolute atomic E-state index is 1.06. The Morgan fingerprint density at radius 2 is 2.00 bits per heavy atom. The Hall–Kier alpha value is -0.330. The zero-order chi connectivity index (χ0) is 5.40. The number of hydrogen-bond donors (Lipinski definition) is 0. The van der Waals surface area contributed by atoms with Crippen LogP contribution in [0.15, 0.2) is 0 Å². The summed E-state index contributed by atoms with van der Waals surface area (Å²) in [6.07, 6.45) is 6.64. The molecule has 0 radical (unpaired) electrons. The van der Waals surface area contributed by atoms with Gasteiger partial charge < -0.3 is 0 Å². The van der Waals surface area contributed by atoms with Crippen molar-refractivity contribution in [3.05, 3.63) is 0 Å². The highest BCUT2D eigenvalue weighted by molar-refractivity contribution is 5.52. The van der Waals surface area contributed by atoms with Gasteiger partial charge in [-0.15, -0.1) is 0 Å². The van der Waals surface area contributed by atoms with Gasteiger partial charge in [-0.1, -0.05) is 0 Å². The minimum Gasteiger partial charge on any atom is -0.240 e. The largest absolute Gasteiger partial charge is 0.240 e. The summed E-state index contributed by atoms with van der Waals surface area (Å²) in [5.41, 5.74) is 0. The van der Waals surface area contributed by atoms with Crippen LogP contribution in [-0.2, 0) is 0 Å². The lowest BCUT2D eigenvalue weighted by molar-refractivity contribution is -0.545. The predicted molar refractivity (Wildman–Crippen MR) is 33.4 cm³/mol. The van der Waals surface area contributed by atoms with Crippen LogP contribution in [0.1, 0.15) is 19.3 Å². The van der Waals surface area contributed by atoms with Gasteiger partial charge in [-0.25, -0.2) is 4.58 Å². The van der Waals surface area contributed by atoms with E-state index in [4.69, 9.17) is 0 Å². The molecule has 3 aliphatic heterocycles. The van der Waals surface area contributed by atoms with Crippen LogP contribution in [0.5, 0.6) is 0 Å². The number of nitrogens with zero attached hydrogens (tertiary/aromatic N) is 1. The Bertz CT molecular complexity index is 116. The van der Waals surface area contributed by atoms with Gasteiger partial charge in [0.15, 0.2) is 0 Å². The quantitative estimate of drug-likeness (QED) is 0.407. The van der Waals surface area contributed by atoms with E-state index in [2.05, 4.69) is 10.8 Å². The zero-order valence-electron chi connectivity index (χ0n) is 5.14. The van der Waals surface area contributed by atoms with Crippen LogP contribution in [0.25, 0.3) is 0 Å². The summed E-state index contributed by atoms with van der Waals surface area (Å²) in [4.78, 5) is 0. The van der Waals surface area contributed by atoms with Crippen molar-refractivity contribution in [1.82, 2.24) is 0 Å². The average molecular weight is 110 g/mol. The average Bonchev–Trinajstić information content (AvgIpc) is 1.92. The fourth-order valence-electron chi connectivity index (χ4n) is 1.67. The van der Waals surface area contributed by atoms with Crippen molar-refractivity contribution in [2.45, 2.75) is 19.3 Å². The minimum atomic E-state index is 1.06. The molecule has 3 heterocycles. The predicted octanol–water partition coefficient (Wildman–Crippen LogP) is 0.883. The van der Waals surface area contributed by atoms with Crippen molar-refractivity contribution in [3.8, 4) is 0 Å². The van der Waals surface area contributed by atoms with Crippen molar-refractivity contribution < 1.29 is 4.58 Å². The third-order valence-electron chi connectivity index (χ3n) is 2.35. The third kappa shape index (κ3) is 0.575. The van der Waals surface area contributed by atoms with Gasteiger partial charge in [0.1, 0.15) is 19.3 Å². The van der Waals surface area contributed by atoms with E-state index in [-0.39, 0.29) is 0 Å². The summed E-state index contributed by atoms with van der Waals surface area (Å²) in [5, 5.41) is 0. The smallest absolute Gasteiger partial charge is 0.142 e. The van der Waals surface area contributed by atoms with Crippen LogP contribution in [0.4, 0.5) is 0 Å². The third-order valence-corrected chi connectivity index (χ3v) is 2.35. The van der Waals surface area contributed by atoms with Gasteiger partial charge >= 0.3 is 0 Å². The van der Waals surface area contributed by atoms with Gasteiger partial charge in [-0.2, -0.15) is 0 Å².